The minimum Gasteiger partial charge on any atom is -0.394 e. The van der Waals surface area contributed by atoms with E-state index in [-0.39, 0.29) is 30.8 Å². The Kier molecular flexibility index (Phi) is 3.94. The van der Waals surface area contributed by atoms with Gasteiger partial charge in [0.2, 0.25) is 0 Å². The average Bonchev–Trinajstić information content (AvgIpc) is 2.12. The van der Waals surface area contributed by atoms with Gasteiger partial charge in [-0.15, -0.1) is 0 Å². The third-order valence-electron chi connectivity index (χ3n) is 2.69. The second-order valence-electron chi connectivity index (χ2n) is 3.55. The fourth-order valence-electron chi connectivity index (χ4n) is 1.67. The van der Waals surface area contributed by atoms with Crippen LogP contribution in [-0.2, 0) is 4.74 Å². The Bertz CT molecular complexity index is 169. The van der Waals surface area contributed by atoms with E-state index in [4.69, 9.17) is 21.6 Å². The topological polar surface area (TPSA) is 61.7 Å². The fraction of sp³-hybridized carbons (Fsp3) is 1.00. The van der Waals surface area contributed by atoms with Gasteiger partial charge < -0.3 is 14.9 Å². The molecule has 0 radical (unpaired) electrons. The standard InChI is InChI=1S/C8H16ClNO3/c1-4-6(3-11)13-5(2)7(10-9)8(4)12/h4-8,10-12H,3H2,1-2H3/t4-,5+,6-,7+,8-/m1/s1. The second-order valence-corrected chi connectivity index (χ2v) is 3.77. The summed E-state index contributed by atoms with van der Waals surface area (Å²) in [4.78, 5) is 2.49. The van der Waals surface area contributed by atoms with Crippen molar-refractivity contribution in [2.45, 2.75) is 38.2 Å². The van der Waals surface area contributed by atoms with Gasteiger partial charge in [0.1, 0.15) is 0 Å². The molecule has 0 bridgehead atoms. The van der Waals surface area contributed by atoms with Crippen LogP contribution in [0.3, 0.4) is 0 Å². The Balaban J connectivity index is 2.66. The Hall–Kier alpha value is 0.130. The van der Waals surface area contributed by atoms with E-state index >= 15 is 0 Å². The first-order valence-electron chi connectivity index (χ1n) is 4.42. The summed E-state index contributed by atoms with van der Waals surface area (Å²) >= 11 is 5.47. The number of aliphatic hydroxyl groups is 2. The lowest BCUT2D eigenvalue weighted by molar-refractivity contribution is -0.152. The van der Waals surface area contributed by atoms with Crippen LogP contribution in [0.2, 0.25) is 0 Å². The van der Waals surface area contributed by atoms with Crippen LogP contribution in [0.15, 0.2) is 0 Å². The molecule has 0 aromatic carbocycles. The first-order chi connectivity index (χ1) is 6.11. The van der Waals surface area contributed by atoms with Gasteiger partial charge >= 0.3 is 0 Å². The highest BCUT2D eigenvalue weighted by atomic mass is 35.5. The molecule has 0 aliphatic carbocycles. The first kappa shape index (κ1) is 11.2. The molecule has 0 unspecified atom stereocenters. The maximum absolute atomic E-state index is 9.77. The molecule has 0 spiro atoms. The number of aliphatic hydroxyl groups excluding tert-OH is 2. The van der Waals surface area contributed by atoms with Crippen LogP contribution in [0.5, 0.6) is 0 Å². The van der Waals surface area contributed by atoms with E-state index in [9.17, 15) is 5.11 Å². The van der Waals surface area contributed by atoms with Gasteiger partial charge in [-0.2, -0.15) is 0 Å². The molecule has 1 aliphatic rings. The molecule has 1 heterocycles. The Morgan fingerprint density at radius 2 is 2.08 bits per heavy atom. The van der Waals surface area contributed by atoms with Crippen molar-refractivity contribution in [3.63, 3.8) is 0 Å². The van der Waals surface area contributed by atoms with Gasteiger partial charge in [-0.05, 0) is 18.7 Å². The summed E-state index contributed by atoms with van der Waals surface area (Å²) in [6, 6.07) is -0.278. The van der Waals surface area contributed by atoms with Gasteiger partial charge in [-0.25, -0.2) is 4.84 Å². The summed E-state index contributed by atoms with van der Waals surface area (Å²) in [6.45, 7) is 3.58. The highest BCUT2D eigenvalue weighted by Crippen LogP contribution is 2.25. The van der Waals surface area contributed by atoms with Gasteiger partial charge in [0.25, 0.3) is 0 Å². The molecule has 4 nitrogen and oxygen atoms in total. The zero-order valence-corrected chi connectivity index (χ0v) is 8.53. The molecule has 1 rings (SSSR count). The molecule has 0 aromatic rings. The second kappa shape index (κ2) is 4.57. The molecule has 3 N–H and O–H groups in total. The zero-order valence-electron chi connectivity index (χ0n) is 7.77. The molecule has 5 heteroatoms. The minimum absolute atomic E-state index is 0.0719. The van der Waals surface area contributed by atoms with Gasteiger partial charge in [-0.3, -0.25) is 0 Å². The van der Waals surface area contributed by atoms with Gasteiger partial charge in [0.05, 0.1) is 31.0 Å². The average molecular weight is 210 g/mol. The number of rotatable bonds is 2. The quantitative estimate of drug-likeness (QED) is 0.555. The summed E-state index contributed by atoms with van der Waals surface area (Å²) in [5, 5.41) is 18.7. The van der Waals surface area contributed by atoms with E-state index in [1.54, 1.807) is 0 Å². The van der Waals surface area contributed by atoms with Crippen LogP contribution in [0.1, 0.15) is 13.8 Å². The van der Waals surface area contributed by atoms with Gasteiger partial charge in [0.15, 0.2) is 0 Å². The van der Waals surface area contributed by atoms with Crippen molar-refractivity contribution in [2.24, 2.45) is 5.92 Å². The first-order valence-corrected chi connectivity index (χ1v) is 4.80. The lowest BCUT2D eigenvalue weighted by atomic mass is 9.87. The van der Waals surface area contributed by atoms with E-state index in [0.29, 0.717) is 0 Å². The van der Waals surface area contributed by atoms with E-state index in [1.807, 2.05) is 13.8 Å². The highest BCUT2D eigenvalue weighted by molar-refractivity contribution is 6.13. The monoisotopic (exact) mass is 209 g/mol. The molecule has 0 amide bonds. The van der Waals surface area contributed by atoms with Crippen LogP contribution in [0, 0.1) is 5.92 Å². The van der Waals surface area contributed by atoms with E-state index < -0.39 is 6.10 Å². The van der Waals surface area contributed by atoms with Crippen molar-refractivity contribution in [1.82, 2.24) is 4.84 Å². The third kappa shape index (κ3) is 2.14. The van der Waals surface area contributed by atoms with Crippen molar-refractivity contribution in [1.29, 1.82) is 0 Å². The summed E-state index contributed by atoms with van der Waals surface area (Å²) in [5.41, 5.74) is 0. The smallest absolute Gasteiger partial charge is 0.0860 e. The zero-order chi connectivity index (χ0) is 10.0. The van der Waals surface area contributed by atoms with Crippen molar-refractivity contribution in [3.8, 4) is 0 Å². The largest absolute Gasteiger partial charge is 0.394 e. The number of hydrogen-bond donors (Lipinski definition) is 3. The lowest BCUT2D eigenvalue weighted by Crippen LogP contribution is -2.57. The molecule has 0 saturated carbocycles. The van der Waals surface area contributed by atoms with E-state index in [0.717, 1.165) is 0 Å². The van der Waals surface area contributed by atoms with Crippen molar-refractivity contribution in [3.05, 3.63) is 0 Å². The molecule has 5 atom stereocenters. The Morgan fingerprint density at radius 3 is 2.54 bits per heavy atom. The maximum Gasteiger partial charge on any atom is 0.0860 e. The van der Waals surface area contributed by atoms with Crippen LogP contribution in [0.4, 0.5) is 0 Å². The highest BCUT2D eigenvalue weighted by Gasteiger charge is 2.40. The molecular weight excluding hydrogens is 194 g/mol. The van der Waals surface area contributed by atoms with Crippen molar-refractivity contribution < 1.29 is 14.9 Å². The number of nitrogens with one attached hydrogen (secondary N) is 1. The summed E-state index contributed by atoms with van der Waals surface area (Å²) < 4.78 is 5.46. The Morgan fingerprint density at radius 1 is 1.46 bits per heavy atom. The van der Waals surface area contributed by atoms with E-state index in [1.165, 1.54) is 0 Å². The number of hydrogen-bond acceptors (Lipinski definition) is 4. The van der Waals surface area contributed by atoms with Crippen LogP contribution >= 0.6 is 11.8 Å². The van der Waals surface area contributed by atoms with Gasteiger partial charge in [-0.1, -0.05) is 6.92 Å². The summed E-state index contributed by atoms with van der Waals surface area (Å²) in [5.74, 6) is -0.113. The molecule has 0 aromatic heterocycles. The van der Waals surface area contributed by atoms with Crippen LogP contribution in [0.25, 0.3) is 0 Å². The molecule has 1 saturated heterocycles. The van der Waals surface area contributed by atoms with Crippen LogP contribution < -0.4 is 4.84 Å². The molecular formula is C8H16ClNO3. The molecule has 1 fully saturated rings. The predicted octanol–water partition coefficient (Wildman–Crippen LogP) is -0.125. The van der Waals surface area contributed by atoms with Gasteiger partial charge in [0, 0.05) is 5.92 Å². The summed E-state index contributed by atoms with van der Waals surface area (Å²) in [6.07, 6.45) is -1.08. The summed E-state index contributed by atoms with van der Waals surface area (Å²) in [7, 11) is 0. The van der Waals surface area contributed by atoms with E-state index in [2.05, 4.69) is 4.84 Å². The van der Waals surface area contributed by atoms with Crippen molar-refractivity contribution in [2.75, 3.05) is 6.61 Å². The third-order valence-corrected chi connectivity index (χ3v) is 2.95. The molecule has 13 heavy (non-hydrogen) atoms. The minimum atomic E-state index is -0.585. The normalized spacial score (nSPS) is 46.4. The van der Waals surface area contributed by atoms with Crippen LogP contribution in [-0.4, -0.2) is 41.2 Å². The predicted molar refractivity (Wildman–Crippen MR) is 49.4 cm³/mol. The maximum atomic E-state index is 9.77. The number of ether oxygens (including phenoxy) is 1. The lowest BCUT2D eigenvalue weighted by Gasteiger charge is -2.41. The molecule has 78 valence electrons. The molecule has 1 aliphatic heterocycles. The number of halogens is 1. The SMILES string of the molecule is C[C@H]1[C@@H](O)[C@@H](NCl)[C@H](C)O[C@@H]1CO. The fourth-order valence-corrected chi connectivity index (χ4v) is 1.98. The van der Waals surface area contributed by atoms with Crippen molar-refractivity contribution >= 4 is 11.8 Å². The Labute approximate surface area is 83.0 Å².